The summed E-state index contributed by atoms with van der Waals surface area (Å²) in [6.45, 7) is 2.24. The van der Waals surface area contributed by atoms with Gasteiger partial charge in [0.2, 0.25) is 0 Å². The fourth-order valence-corrected chi connectivity index (χ4v) is 0.887. The van der Waals surface area contributed by atoms with Crippen LogP contribution in [0.3, 0.4) is 0 Å². The second-order valence-electron chi connectivity index (χ2n) is 2.49. The average Bonchev–Trinajstić information content (AvgIpc) is 2.21. The Morgan fingerprint density at radius 3 is 2.08 bits per heavy atom. The van der Waals surface area contributed by atoms with Crippen molar-refractivity contribution in [2.24, 2.45) is 0 Å². The smallest absolute Gasteiger partial charge is 0.0497 e. The Balaban J connectivity index is 0.000000561. The molecule has 0 aliphatic carbocycles. The third-order valence-electron chi connectivity index (χ3n) is 1.64. The monoisotopic (exact) mass is 168 g/mol. The highest BCUT2D eigenvalue weighted by atomic mass is 16.3. The van der Waals surface area contributed by atoms with E-state index in [0.717, 1.165) is 7.11 Å². The first-order valence-corrected chi connectivity index (χ1v) is 3.95. The van der Waals surface area contributed by atoms with E-state index in [9.17, 15) is 0 Å². The van der Waals surface area contributed by atoms with Crippen LogP contribution in [0.1, 0.15) is 18.4 Å². The predicted molar refractivity (Wildman–Crippen MR) is 50.1 cm³/mol. The van der Waals surface area contributed by atoms with Gasteiger partial charge in [-0.05, 0) is 5.56 Å². The normalized spacial score (nSPS) is 11.3. The lowest BCUT2D eigenvalue weighted by Crippen LogP contribution is -1.97. The maximum Gasteiger partial charge on any atom is 0.0497 e. The largest absolute Gasteiger partial charge is 0.400 e. The Morgan fingerprint density at radius 1 is 1.17 bits per heavy atom. The van der Waals surface area contributed by atoms with Crippen LogP contribution in [-0.2, 0) is 0 Å². The summed E-state index contributed by atoms with van der Waals surface area (Å²) in [6.07, 6.45) is 0. The van der Waals surface area contributed by atoms with E-state index >= 15 is 0 Å². The average molecular weight is 168 g/mol. The number of aliphatic hydroxyl groups is 2. The van der Waals surface area contributed by atoms with Crippen molar-refractivity contribution >= 4 is 0 Å². The molecule has 1 aromatic rings. The highest BCUT2D eigenvalue weighted by molar-refractivity contribution is 5.18. The van der Waals surface area contributed by atoms with Gasteiger partial charge in [0.25, 0.3) is 0 Å². The number of aliphatic hydroxyl groups excluding tert-OH is 2. The van der Waals surface area contributed by atoms with Gasteiger partial charge in [0.05, 0.1) is 0 Å². The molecule has 1 rings (SSSR count). The summed E-state index contributed by atoms with van der Waals surface area (Å²) < 4.78 is 0. The van der Waals surface area contributed by atoms with Gasteiger partial charge in [-0.15, -0.1) is 0 Å². The molecular weight excluding hydrogens is 152 g/mol. The van der Waals surface area contributed by atoms with Gasteiger partial charge < -0.3 is 10.2 Å². The summed E-state index contributed by atoms with van der Waals surface area (Å²) in [5.41, 5.74) is 1.20. The Kier molecular flexibility index (Phi) is 6.34. The van der Waals surface area contributed by atoms with E-state index in [1.54, 1.807) is 0 Å². The molecule has 0 aliphatic heterocycles. The molecule has 0 spiro atoms. The fraction of sp³-hybridized carbons (Fsp3) is 0.400. The summed E-state index contributed by atoms with van der Waals surface area (Å²) in [5, 5.41) is 15.8. The van der Waals surface area contributed by atoms with Crippen molar-refractivity contribution < 1.29 is 10.2 Å². The standard InChI is InChI=1S/C9H12O.CH4O/c1-8(7-10)9-5-3-2-4-6-9;1-2/h2-6,8,10H,7H2,1H3;2H,1H3. The van der Waals surface area contributed by atoms with Crippen LogP contribution in [0.25, 0.3) is 0 Å². The molecule has 1 unspecified atom stereocenters. The van der Waals surface area contributed by atoms with Crippen molar-refractivity contribution in [1.82, 2.24) is 0 Å². The summed E-state index contributed by atoms with van der Waals surface area (Å²) in [7, 11) is 1.00. The van der Waals surface area contributed by atoms with Gasteiger partial charge in [-0.2, -0.15) is 0 Å². The Morgan fingerprint density at radius 2 is 1.67 bits per heavy atom. The molecule has 0 saturated carbocycles. The van der Waals surface area contributed by atoms with Gasteiger partial charge >= 0.3 is 0 Å². The SMILES string of the molecule is CC(CO)c1ccccc1.CO. The van der Waals surface area contributed by atoms with Crippen molar-refractivity contribution in [3.63, 3.8) is 0 Å². The highest BCUT2D eigenvalue weighted by Gasteiger charge is 2.00. The van der Waals surface area contributed by atoms with Crippen molar-refractivity contribution in [2.45, 2.75) is 12.8 Å². The molecule has 0 fully saturated rings. The summed E-state index contributed by atoms with van der Waals surface area (Å²) in [4.78, 5) is 0. The highest BCUT2D eigenvalue weighted by Crippen LogP contribution is 2.12. The maximum absolute atomic E-state index is 8.79. The molecule has 0 saturated heterocycles. The Hall–Kier alpha value is -0.860. The molecule has 0 heterocycles. The van der Waals surface area contributed by atoms with Gasteiger partial charge in [-0.1, -0.05) is 37.3 Å². The molecule has 0 amide bonds. The van der Waals surface area contributed by atoms with Gasteiger partial charge in [-0.25, -0.2) is 0 Å². The molecule has 12 heavy (non-hydrogen) atoms. The van der Waals surface area contributed by atoms with Gasteiger partial charge in [-0.3, -0.25) is 0 Å². The number of hydrogen-bond acceptors (Lipinski definition) is 2. The van der Waals surface area contributed by atoms with Crippen molar-refractivity contribution in [3.05, 3.63) is 35.9 Å². The second-order valence-corrected chi connectivity index (χ2v) is 2.49. The molecule has 0 aromatic heterocycles. The van der Waals surface area contributed by atoms with E-state index in [-0.39, 0.29) is 12.5 Å². The van der Waals surface area contributed by atoms with E-state index in [4.69, 9.17) is 10.2 Å². The first-order valence-electron chi connectivity index (χ1n) is 3.95. The molecule has 2 nitrogen and oxygen atoms in total. The predicted octanol–water partition coefficient (Wildman–Crippen LogP) is 1.39. The summed E-state index contributed by atoms with van der Waals surface area (Å²) in [5.74, 6) is 0.265. The van der Waals surface area contributed by atoms with Crippen molar-refractivity contribution in [2.75, 3.05) is 13.7 Å². The van der Waals surface area contributed by atoms with E-state index < -0.39 is 0 Å². The van der Waals surface area contributed by atoms with Crippen molar-refractivity contribution in [1.29, 1.82) is 0 Å². The lowest BCUT2D eigenvalue weighted by molar-refractivity contribution is 0.273. The van der Waals surface area contributed by atoms with Crippen LogP contribution in [0.5, 0.6) is 0 Å². The van der Waals surface area contributed by atoms with Crippen LogP contribution in [0.2, 0.25) is 0 Å². The van der Waals surface area contributed by atoms with E-state index in [2.05, 4.69) is 0 Å². The third kappa shape index (κ3) is 3.51. The molecule has 1 atom stereocenters. The quantitative estimate of drug-likeness (QED) is 0.700. The lowest BCUT2D eigenvalue weighted by Gasteiger charge is -2.05. The maximum atomic E-state index is 8.79. The molecule has 2 heteroatoms. The van der Waals surface area contributed by atoms with E-state index in [1.165, 1.54) is 5.56 Å². The summed E-state index contributed by atoms with van der Waals surface area (Å²) >= 11 is 0. The third-order valence-corrected chi connectivity index (χ3v) is 1.64. The zero-order chi connectivity index (χ0) is 9.40. The van der Waals surface area contributed by atoms with Gasteiger partial charge in [0.15, 0.2) is 0 Å². The number of hydrogen-bond donors (Lipinski definition) is 2. The first-order chi connectivity index (χ1) is 5.84. The molecule has 1 aromatic carbocycles. The second kappa shape index (κ2) is 6.83. The van der Waals surface area contributed by atoms with Crippen LogP contribution >= 0.6 is 0 Å². The molecule has 0 bridgehead atoms. The minimum absolute atomic E-state index is 0.226. The topological polar surface area (TPSA) is 40.5 Å². The minimum atomic E-state index is 0.226. The van der Waals surface area contributed by atoms with E-state index in [0.29, 0.717) is 0 Å². The van der Waals surface area contributed by atoms with Crippen LogP contribution in [0.15, 0.2) is 30.3 Å². The fourth-order valence-electron chi connectivity index (χ4n) is 0.887. The zero-order valence-electron chi connectivity index (χ0n) is 7.57. The Labute approximate surface area is 73.5 Å². The zero-order valence-corrected chi connectivity index (χ0v) is 7.57. The van der Waals surface area contributed by atoms with Gasteiger partial charge in [0, 0.05) is 19.6 Å². The van der Waals surface area contributed by atoms with Crippen LogP contribution in [0, 0.1) is 0 Å². The lowest BCUT2D eigenvalue weighted by atomic mass is 10.0. The molecular formula is C10H16O2. The van der Waals surface area contributed by atoms with Crippen molar-refractivity contribution in [3.8, 4) is 0 Å². The van der Waals surface area contributed by atoms with E-state index in [1.807, 2.05) is 37.3 Å². The number of benzene rings is 1. The summed E-state index contributed by atoms with van der Waals surface area (Å²) in [6, 6.07) is 10.0. The molecule has 0 radical (unpaired) electrons. The van der Waals surface area contributed by atoms with Crippen LogP contribution in [-0.4, -0.2) is 23.9 Å². The van der Waals surface area contributed by atoms with Crippen LogP contribution < -0.4 is 0 Å². The number of rotatable bonds is 2. The first kappa shape index (κ1) is 11.1. The minimum Gasteiger partial charge on any atom is -0.400 e. The molecule has 0 aliphatic rings. The molecule has 68 valence electrons. The van der Waals surface area contributed by atoms with Gasteiger partial charge in [0.1, 0.15) is 0 Å². The Bertz CT molecular complexity index is 184. The molecule has 2 N–H and O–H groups in total. The van der Waals surface area contributed by atoms with Crippen LogP contribution in [0.4, 0.5) is 0 Å².